The Morgan fingerprint density at radius 1 is 1.48 bits per heavy atom. The second kappa shape index (κ2) is 7.33. The molecule has 0 radical (unpaired) electrons. The van der Waals surface area contributed by atoms with Crippen LogP contribution in [0.25, 0.3) is 0 Å². The highest BCUT2D eigenvalue weighted by molar-refractivity contribution is 5.80. The van der Waals surface area contributed by atoms with Gasteiger partial charge in [0.2, 0.25) is 0 Å². The maximum atomic E-state index is 12.2. The molecule has 0 spiro atoms. The lowest BCUT2D eigenvalue weighted by Crippen LogP contribution is -2.48. The number of ether oxygens (including phenoxy) is 1. The Morgan fingerprint density at radius 2 is 2.14 bits per heavy atom. The summed E-state index contributed by atoms with van der Waals surface area (Å²) in [6.07, 6.45) is 0. The number of benzene rings is 1. The first-order chi connectivity index (χ1) is 9.75. The van der Waals surface area contributed by atoms with Gasteiger partial charge in [-0.15, -0.1) is 0 Å². The largest absolute Gasteiger partial charge is 0.480 e. The third kappa shape index (κ3) is 4.95. The zero-order chi connectivity index (χ0) is 16.0. The molecule has 0 aromatic heterocycles. The number of carboxylic acids is 1. The molecule has 0 saturated carbocycles. The van der Waals surface area contributed by atoms with Gasteiger partial charge in [-0.3, -0.25) is 5.32 Å². The Morgan fingerprint density at radius 3 is 2.67 bits per heavy atom. The smallest absolute Gasteiger partial charge is 0.387 e. The molecule has 0 aliphatic rings. The van der Waals surface area contributed by atoms with Crippen LogP contribution in [0.1, 0.15) is 12.5 Å². The third-order valence-electron chi connectivity index (χ3n) is 3.10. The Labute approximate surface area is 122 Å². The lowest BCUT2D eigenvalue weighted by Gasteiger charge is -2.28. The summed E-state index contributed by atoms with van der Waals surface area (Å²) in [7, 11) is 3.74. The van der Waals surface area contributed by atoms with Gasteiger partial charge in [-0.25, -0.2) is 4.79 Å². The van der Waals surface area contributed by atoms with E-state index in [1.54, 1.807) is 6.07 Å². The average Bonchev–Trinajstić information content (AvgIpc) is 2.37. The van der Waals surface area contributed by atoms with Crippen molar-refractivity contribution in [3.8, 4) is 5.75 Å². The first kappa shape index (κ1) is 17.3. The second-order valence-corrected chi connectivity index (χ2v) is 5.07. The van der Waals surface area contributed by atoms with E-state index < -0.39 is 18.1 Å². The van der Waals surface area contributed by atoms with Crippen molar-refractivity contribution < 1.29 is 23.4 Å². The molecule has 0 amide bonds. The van der Waals surface area contributed by atoms with Gasteiger partial charge in [-0.1, -0.05) is 12.1 Å². The molecule has 2 N–H and O–H groups in total. The summed E-state index contributed by atoms with van der Waals surface area (Å²) < 4.78 is 28.8. The molecular formula is C14H20F2N2O3. The summed E-state index contributed by atoms with van der Waals surface area (Å²) in [5.74, 6) is -1.15. The van der Waals surface area contributed by atoms with Crippen LogP contribution in [0.2, 0.25) is 0 Å². The number of alkyl halides is 2. The summed E-state index contributed by atoms with van der Waals surface area (Å²) in [6.45, 7) is -0.365. The van der Waals surface area contributed by atoms with E-state index in [2.05, 4.69) is 10.1 Å². The molecule has 0 saturated heterocycles. The van der Waals surface area contributed by atoms with Crippen molar-refractivity contribution in [1.29, 1.82) is 0 Å². The topological polar surface area (TPSA) is 61.8 Å². The fourth-order valence-corrected chi connectivity index (χ4v) is 1.81. The van der Waals surface area contributed by atoms with Crippen LogP contribution in [0.3, 0.4) is 0 Å². The van der Waals surface area contributed by atoms with E-state index in [9.17, 15) is 18.7 Å². The maximum Gasteiger partial charge on any atom is 0.387 e. The quantitative estimate of drug-likeness (QED) is 0.766. The average molecular weight is 302 g/mol. The molecule has 1 aromatic carbocycles. The number of hydrogen-bond donors (Lipinski definition) is 2. The van der Waals surface area contributed by atoms with Crippen LogP contribution in [-0.2, 0) is 10.3 Å². The molecule has 0 aliphatic carbocycles. The zero-order valence-electron chi connectivity index (χ0n) is 12.3. The molecule has 0 fully saturated rings. The number of nitrogens with zero attached hydrogens (tertiary/aromatic N) is 1. The lowest BCUT2D eigenvalue weighted by molar-refractivity contribution is -0.144. The Kier molecular flexibility index (Phi) is 6.04. The van der Waals surface area contributed by atoms with Crippen molar-refractivity contribution in [3.05, 3.63) is 29.8 Å². The predicted octanol–water partition coefficient (Wildman–Crippen LogP) is 1.74. The van der Waals surface area contributed by atoms with E-state index in [0.29, 0.717) is 18.7 Å². The molecule has 0 aliphatic heterocycles. The van der Waals surface area contributed by atoms with Gasteiger partial charge < -0.3 is 14.7 Å². The fourth-order valence-electron chi connectivity index (χ4n) is 1.81. The van der Waals surface area contributed by atoms with Gasteiger partial charge in [0.15, 0.2) is 0 Å². The third-order valence-corrected chi connectivity index (χ3v) is 3.10. The monoisotopic (exact) mass is 302 g/mol. The van der Waals surface area contributed by atoms with Gasteiger partial charge in [0.25, 0.3) is 0 Å². The summed E-state index contributed by atoms with van der Waals surface area (Å²) in [5, 5.41) is 12.4. The minimum absolute atomic E-state index is 0.0654. The van der Waals surface area contributed by atoms with E-state index in [0.717, 1.165) is 0 Å². The molecule has 0 bridgehead atoms. The summed E-state index contributed by atoms with van der Waals surface area (Å²) >= 11 is 0. The number of likely N-dealkylation sites (N-methyl/N-ethyl adjacent to an activating group) is 1. The first-order valence-electron chi connectivity index (χ1n) is 6.44. The molecule has 1 aromatic rings. The van der Waals surface area contributed by atoms with Gasteiger partial charge in [-0.2, -0.15) is 8.78 Å². The Balaban J connectivity index is 2.96. The SMILES string of the molecule is CN(C)CCNC(C)(C(=O)O)c1cccc(OC(F)F)c1. The van der Waals surface area contributed by atoms with Crippen LogP contribution in [0.5, 0.6) is 5.75 Å². The van der Waals surface area contributed by atoms with Crippen molar-refractivity contribution in [2.75, 3.05) is 27.2 Å². The number of carboxylic acid groups (broad SMARTS) is 1. The molecule has 1 unspecified atom stereocenters. The highest BCUT2D eigenvalue weighted by Crippen LogP contribution is 2.25. The molecule has 21 heavy (non-hydrogen) atoms. The molecular weight excluding hydrogens is 282 g/mol. The number of nitrogens with one attached hydrogen (secondary N) is 1. The summed E-state index contributed by atoms with van der Waals surface area (Å²) in [4.78, 5) is 13.5. The maximum absolute atomic E-state index is 12.2. The normalized spacial score (nSPS) is 14.2. The van der Waals surface area contributed by atoms with Crippen molar-refractivity contribution >= 4 is 5.97 Å². The first-order valence-corrected chi connectivity index (χ1v) is 6.44. The molecule has 118 valence electrons. The summed E-state index contributed by atoms with van der Waals surface area (Å²) in [6, 6.07) is 5.72. The van der Waals surface area contributed by atoms with Crippen molar-refractivity contribution in [3.63, 3.8) is 0 Å². The van der Waals surface area contributed by atoms with Crippen LogP contribution in [0.4, 0.5) is 8.78 Å². The van der Waals surface area contributed by atoms with Gasteiger partial charge in [0.1, 0.15) is 11.3 Å². The van der Waals surface area contributed by atoms with E-state index in [1.165, 1.54) is 25.1 Å². The molecule has 0 heterocycles. The fraction of sp³-hybridized carbons (Fsp3) is 0.500. The van der Waals surface area contributed by atoms with Gasteiger partial charge in [0.05, 0.1) is 0 Å². The van der Waals surface area contributed by atoms with Crippen LogP contribution in [-0.4, -0.2) is 49.8 Å². The Hall–Kier alpha value is -1.73. The minimum Gasteiger partial charge on any atom is -0.480 e. The highest BCUT2D eigenvalue weighted by atomic mass is 19.3. The zero-order valence-corrected chi connectivity index (χ0v) is 12.3. The number of halogens is 2. The Bertz CT molecular complexity index is 483. The van der Waals surface area contributed by atoms with Crippen molar-refractivity contribution in [1.82, 2.24) is 10.2 Å². The molecule has 5 nitrogen and oxygen atoms in total. The van der Waals surface area contributed by atoms with Gasteiger partial charge in [-0.05, 0) is 38.7 Å². The summed E-state index contributed by atoms with van der Waals surface area (Å²) in [5.41, 5.74) is -1.02. The number of aliphatic carboxylic acids is 1. The lowest BCUT2D eigenvalue weighted by atomic mass is 9.92. The number of carbonyl (C=O) groups is 1. The second-order valence-electron chi connectivity index (χ2n) is 5.07. The van der Waals surface area contributed by atoms with Gasteiger partial charge in [0, 0.05) is 13.1 Å². The molecule has 1 atom stereocenters. The van der Waals surface area contributed by atoms with E-state index in [1.807, 2.05) is 19.0 Å². The van der Waals surface area contributed by atoms with Crippen LogP contribution >= 0.6 is 0 Å². The number of hydrogen-bond acceptors (Lipinski definition) is 4. The van der Waals surface area contributed by atoms with Crippen LogP contribution in [0.15, 0.2) is 24.3 Å². The molecule has 7 heteroatoms. The predicted molar refractivity (Wildman–Crippen MR) is 74.6 cm³/mol. The van der Waals surface area contributed by atoms with Crippen molar-refractivity contribution in [2.45, 2.75) is 19.1 Å². The van der Waals surface area contributed by atoms with Gasteiger partial charge >= 0.3 is 12.6 Å². The van der Waals surface area contributed by atoms with Crippen LogP contribution in [0, 0.1) is 0 Å². The van der Waals surface area contributed by atoms with E-state index >= 15 is 0 Å². The minimum atomic E-state index is -2.95. The number of rotatable bonds is 8. The highest BCUT2D eigenvalue weighted by Gasteiger charge is 2.34. The van der Waals surface area contributed by atoms with E-state index in [-0.39, 0.29) is 5.75 Å². The van der Waals surface area contributed by atoms with Crippen molar-refractivity contribution in [2.24, 2.45) is 0 Å². The molecule has 1 rings (SSSR count). The standard InChI is InChI=1S/C14H20F2N2O3/c1-14(12(19)20,17-7-8-18(2)3)10-5-4-6-11(9-10)21-13(15)16/h4-6,9,13,17H,7-8H2,1-3H3,(H,19,20). The van der Waals surface area contributed by atoms with E-state index in [4.69, 9.17) is 0 Å². The van der Waals surface area contributed by atoms with Crippen LogP contribution < -0.4 is 10.1 Å².